The van der Waals surface area contributed by atoms with E-state index >= 15 is 0 Å². The highest BCUT2D eigenvalue weighted by molar-refractivity contribution is 9.10. The monoisotopic (exact) mass is 318 g/mol. The van der Waals surface area contributed by atoms with E-state index in [1.54, 1.807) is 0 Å². The van der Waals surface area contributed by atoms with Crippen molar-refractivity contribution in [2.45, 2.75) is 32.1 Å². The average Bonchev–Trinajstić information content (AvgIpc) is 2.30. The Balaban J connectivity index is 2.24. The fourth-order valence-corrected chi connectivity index (χ4v) is 2.36. The maximum atomic E-state index is 10.9. The summed E-state index contributed by atoms with van der Waals surface area (Å²) in [5.41, 5.74) is 1.16. The number of hydrogen-bond donors (Lipinski definition) is 0. The van der Waals surface area contributed by atoms with Crippen LogP contribution in [0.25, 0.3) is 0 Å². The molecule has 0 saturated heterocycles. The number of rotatable bonds is 6. The van der Waals surface area contributed by atoms with E-state index in [2.05, 4.69) is 20.7 Å². The third-order valence-corrected chi connectivity index (χ3v) is 3.41. The lowest BCUT2D eigenvalue weighted by Gasteiger charge is -2.04. The zero-order valence-electron chi connectivity index (χ0n) is 9.84. The van der Waals surface area contributed by atoms with E-state index in [0.29, 0.717) is 6.42 Å². The molecule has 2 nitrogen and oxygen atoms in total. The summed E-state index contributed by atoms with van der Waals surface area (Å²) in [5, 5.41) is 0.798. The smallest absolute Gasteiger partial charge is 0.305 e. The molecule has 0 amide bonds. The molecule has 0 bridgehead atoms. The highest BCUT2D eigenvalue weighted by Crippen LogP contribution is 2.23. The molecule has 0 atom stereocenters. The maximum absolute atomic E-state index is 10.9. The molecular weight excluding hydrogens is 303 g/mol. The Kier molecular flexibility index (Phi) is 6.60. The first-order chi connectivity index (χ1) is 8.13. The van der Waals surface area contributed by atoms with Gasteiger partial charge in [0.2, 0.25) is 0 Å². The molecule has 94 valence electrons. The summed E-state index contributed by atoms with van der Waals surface area (Å²) in [4.78, 5) is 10.9. The number of unbranched alkanes of at least 4 members (excludes halogenated alkanes) is 2. The van der Waals surface area contributed by atoms with Crippen molar-refractivity contribution in [2.24, 2.45) is 0 Å². The molecule has 1 rings (SSSR count). The summed E-state index contributed by atoms with van der Waals surface area (Å²) < 4.78 is 5.58. The lowest BCUT2D eigenvalue weighted by Crippen LogP contribution is -1.99. The number of ether oxygens (including phenoxy) is 1. The van der Waals surface area contributed by atoms with Crippen LogP contribution in [0, 0.1) is 0 Å². The van der Waals surface area contributed by atoms with Crippen LogP contribution in [-0.4, -0.2) is 13.1 Å². The van der Waals surface area contributed by atoms with Gasteiger partial charge in [0.25, 0.3) is 0 Å². The van der Waals surface area contributed by atoms with Gasteiger partial charge in [-0.15, -0.1) is 0 Å². The first kappa shape index (κ1) is 14.5. The molecule has 0 aromatic heterocycles. The Bertz CT molecular complexity index is 380. The minimum absolute atomic E-state index is 0.133. The van der Waals surface area contributed by atoms with Gasteiger partial charge in [0.05, 0.1) is 7.11 Å². The van der Waals surface area contributed by atoms with Crippen molar-refractivity contribution in [2.75, 3.05) is 7.11 Å². The van der Waals surface area contributed by atoms with E-state index in [1.807, 2.05) is 18.2 Å². The number of benzene rings is 1. The second kappa shape index (κ2) is 7.72. The third kappa shape index (κ3) is 5.55. The summed E-state index contributed by atoms with van der Waals surface area (Å²) in [7, 11) is 1.42. The van der Waals surface area contributed by atoms with Crippen LogP contribution in [0.4, 0.5) is 0 Å². The van der Waals surface area contributed by atoms with Crippen LogP contribution in [0.5, 0.6) is 0 Å². The van der Waals surface area contributed by atoms with Crippen LogP contribution in [0.3, 0.4) is 0 Å². The van der Waals surface area contributed by atoms with Crippen molar-refractivity contribution in [3.63, 3.8) is 0 Å². The molecule has 0 N–H and O–H groups in total. The Labute approximate surface area is 115 Å². The van der Waals surface area contributed by atoms with Gasteiger partial charge in [-0.1, -0.05) is 40.0 Å². The quantitative estimate of drug-likeness (QED) is 0.574. The molecule has 1 aromatic rings. The molecule has 1 aromatic carbocycles. The van der Waals surface area contributed by atoms with Gasteiger partial charge in [-0.25, -0.2) is 0 Å². The largest absolute Gasteiger partial charge is 0.469 e. The SMILES string of the molecule is COC(=O)CCCCCc1ccc(Br)cc1Cl. The maximum Gasteiger partial charge on any atom is 0.305 e. The van der Waals surface area contributed by atoms with Crippen LogP contribution >= 0.6 is 27.5 Å². The van der Waals surface area contributed by atoms with Gasteiger partial charge in [0.15, 0.2) is 0 Å². The number of methoxy groups -OCH3 is 1. The lowest BCUT2D eigenvalue weighted by molar-refractivity contribution is -0.140. The minimum atomic E-state index is -0.133. The Hall–Kier alpha value is -0.540. The predicted molar refractivity (Wildman–Crippen MR) is 73.3 cm³/mol. The summed E-state index contributed by atoms with van der Waals surface area (Å²) in [6, 6.07) is 5.94. The highest BCUT2D eigenvalue weighted by atomic mass is 79.9. The molecule has 0 saturated carbocycles. The zero-order chi connectivity index (χ0) is 12.7. The second-order valence-electron chi connectivity index (χ2n) is 3.87. The number of carbonyl (C=O) groups excluding carboxylic acids is 1. The van der Waals surface area contributed by atoms with Crippen LogP contribution < -0.4 is 0 Å². The fourth-order valence-electron chi connectivity index (χ4n) is 1.59. The van der Waals surface area contributed by atoms with Crippen molar-refractivity contribution in [1.82, 2.24) is 0 Å². The summed E-state index contributed by atoms with van der Waals surface area (Å²) in [6.45, 7) is 0. The number of carbonyl (C=O) groups is 1. The molecule has 0 aliphatic heterocycles. The molecule has 0 radical (unpaired) electrons. The van der Waals surface area contributed by atoms with E-state index in [9.17, 15) is 4.79 Å². The average molecular weight is 320 g/mol. The number of halogens is 2. The van der Waals surface area contributed by atoms with Crippen LogP contribution in [-0.2, 0) is 16.0 Å². The first-order valence-corrected chi connectivity index (χ1v) is 6.81. The standard InChI is InChI=1S/C13H16BrClO2/c1-17-13(16)6-4-2-3-5-10-7-8-11(14)9-12(10)15/h7-9H,2-6H2,1H3. The van der Waals surface area contributed by atoms with Gasteiger partial charge in [-0.3, -0.25) is 4.79 Å². The van der Waals surface area contributed by atoms with Crippen LogP contribution in [0.2, 0.25) is 5.02 Å². The molecule has 0 spiro atoms. The number of esters is 1. The Morgan fingerprint density at radius 2 is 2.12 bits per heavy atom. The highest BCUT2D eigenvalue weighted by Gasteiger charge is 2.02. The minimum Gasteiger partial charge on any atom is -0.469 e. The molecule has 17 heavy (non-hydrogen) atoms. The molecule has 0 aliphatic rings. The van der Waals surface area contributed by atoms with Crippen LogP contribution in [0.15, 0.2) is 22.7 Å². The summed E-state index contributed by atoms with van der Waals surface area (Å²) >= 11 is 9.49. The predicted octanol–water partition coefficient (Wildman–Crippen LogP) is 4.38. The van der Waals surface area contributed by atoms with Crippen molar-refractivity contribution >= 4 is 33.5 Å². The summed E-state index contributed by atoms with van der Waals surface area (Å²) in [6.07, 6.45) is 4.39. The van der Waals surface area contributed by atoms with Crippen molar-refractivity contribution in [3.8, 4) is 0 Å². The van der Waals surface area contributed by atoms with Gasteiger partial charge < -0.3 is 4.74 Å². The Morgan fingerprint density at radius 1 is 1.35 bits per heavy atom. The molecular formula is C13H16BrClO2. The van der Waals surface area contributed by atoms with Crippen molar-refractivity contribution in [1.29, 1.82) is 0 Å². The van der Waals surface area contributed by atoms with Gasteiger partial charge in [0.1, 0.15) is 0 Å². The molecule has 0 fully saturated rings. The third-order valence-electron chi connectivity index (χ3n) is 2.57. The normalized spacial score (nSPS) is 10.3. The van der Waals surface area contributed by atoms with Gasteiger partial charge in [-0.2, -0.15) is 0 Å². The second-order valence-corrected chi connectivity index (χ2v) is 5.20. The van der Waals surface area contributed by atoms with Gasteiger partial charge >= 0.3 is 5.97 Å². The van der Waals surface area contributed by atoms with Gasteiger partial charge in [-0.05, 0) is 37.0 Å². The van der Waals surface area contributed by atoms with E-state index in [4.69, 9.17) is 11.6 Å². The fraction of sp³-hybridized carbons (Fsp3) is 0.462. The zero-order valence-corrected chi connectivity index (χ0v) is 12.2. The molecule has 0 heterocycles. The molecule has 0 aliphatic carbocycles. The van der Waals surface area contributed by atoms with Crippen molar-refractivity contribution in [3.05, 3.63) is 33.3 Å². The van der Waals surface area contributed by atoms with E-state index in [0.717, 1.165) is 40.7 Å². The van der Waals surface area contributed by atoms with Crippen LogP contribution in [0.1, 0.15) is 31.2 Å². The lowest BCUT2D eigenvalue weighted by atomic mass is 10.1. The van der Waals surface area contributed by atoms with Gasteiger partial charge in [0, 0.05) is 15.9 Å². The number of hydrogen-bond acceptors (Lipinski definition) is 2. The Morgan fingerprint density at radius 3 is 2.76 bits per heavy atom. The van der Waals surface area contributed by atoms with E-state index in [-0.39, 0.29) is 5.97 Å². The van der Waals surface area contributed by atoms with Crippen molar-refractivity contribution < 1.29 is 9.53 Å². The molecule has 0 unspecified atom stereocenters. The molecule has 4 heteroatoms. The topological polar surface area (TPSA) is 26.3 Å². The number of aryl methyl sites for hydroxylation is 1. The van der Waals surface area contributed by atoms with E-state index < -0.39 is 0 Å². The first-order valence-electron chi connectivity index (χ1n) is 5.64. The van der Waals surface area contributed by atoms with E-state index in [1.165, 1.54) is 7.11 Å². The summed E-state index contributed by atoms with van der Waals surface area (Å²) in [5.74, 6) is -0.133.